The average Bonchev–Trinajstić information content (AvgIpc) is 2.06. The van der Waals surface area contributed by atoms with Crippen molar-refractivity contribution in [2.75, 3.05) is 0 Å². The maximum atomic E-state index is 10.2. The monoisotopic (exact) mass is 185 g/mol. The summed E-state index contributed by atoms with van der Waals surface area (Å²) >= 11 is 0. The van der Waals surface area contributed by atoms with Gasteiger partial charge in [0.05, 0.1) is 0 Å². The van der Waals surface area contributed by atoms with Gasteiger partial charge in [-0.15, -0.1) is 0 Å². The summed E-state index contributed by atoms with van der Waals surface area (Å²) in [4.78, 5) is 30.9. The fourth-order valence-electron chi connectivity index (χ4n) is 0.377. The molecule has 3 N–H and O–H groups in total. The SMILES string of the molecule is O=C(O)C(=O)O.O=c1cccc[nH]1. The molecule has 0 aliphatic heterocycles. The summed E-state index contributed by atoms with van der Waals surface area (Å²) in [6, 6.07) is 4.93. The molecule has 0 saturated heterocycles. The molecule has 6 nitrogen and oxygen atoms in total. The normalized spacial score (nSPS) is 8.00. The summed E-state index contributed by atoms with van der Waals surface area (Å²) in [5.74, 6) is -3.65. The lowest BCUT2D eigenvalue weighted by Crippen LogP contribution is -2.09. The molecule has 1 aromatic rings. The summed E-state index contributed by atoms with van der Waals surface area (Å²) in [5, 5.41) is 14.8. The summed E-state index contributed by atoms with van der Waals surface area (Å²) in [7, 11) is 0. The lowest BCUT2D eigenvalue weighted by Gasteiger charge is -1.73. The van der Waals surface area contributed by atoms with Crippen molar-refractivity contribution in [2.45, 2.75) is 0 Å². The van der Waals surface area contributed by atoms with E-state index in [2.05, 4.69) is 4.98 Å². The highest BCUT2D eigenvalue weighted by Gasteiger charge is 2.04. The van der Waals surface area contributed by atoms with Gasteiger partial charge in [-0.3, -0.25) is 4.79 Å². The summed E-state index contributed by atoms with van der Waals surface area (Å²) in [6.45, 7) is 0. The average molecular weight is 185 g/mol. The maximum Gasteiger partial charge on any atom is 0.414 e. The topological polar surface area (TPSA) is 107 Å². The van der Waals surface area contributed by atoms with E-state index in [4.69, 9.17) is 19.8 Å². The van der Waals surface area contributed by atoms with Crippen molar-refractivity contribution in [3.63, 3.8) is 0 Å². The smallest absolute Gasteiger partial charge is 0.414 e. The van der Waals surface area contributed by atoms with Crippen LogP contribution in [0.2, 0.25) is 0 Å². The quantitative estimate of drug-likeness (QED) is 0.473. The summed E-state index contributed by atoms with van der Waals surface area (Å²) < 4.78 is 0. The van der Waals surface area contributed by atoms with Crippen LogP contribution >= 0.6 is 0 Å². The highest BCUT2D eigenvalue weighted by atomic mass is 16.4. The highest BCUT2D eigenvalue weighted by Crippen LogP contribution is 1.67. The molecule has 0 fully saturated rings. The Labute approximate surface area is 72.5 Å². The Morgan fingerprint density at radius 1 is 1.15 bits per heavy atom. The second-order valence-electron chi connectivity index (χ2n) is 1.84. The van der Waals surface area contributed by atoms with Crippen LogP contribution < -0.4 is 5.56 Å². The molecule has 13 heavy (non-hydrogen) atoms. The number of carboxylic acid groups (broad SMARTS) is 2. The second kappa shape index (κ2) is 5.53. The number of aliphatic carboxylic acids is 2. The molecule has 0 atom stereocenters. The van der Waals surface area contributed by atoms with Crippen molar-refractivity contribution >= 4 is 11.9 Å². The number of aromatic nitrogens is 1. The number of rotatable bonds is 0. The number of aromatic amines is 1. The van der Waals surface area contributed by atoms with Gasteiger partial charge in [-0.2, -0.15) is 0 Å². The minimum atomic E-state index is -1.82. The van der Waals surface area contributed by atoms with E-state index in [0.717, 1.165) is 0 Å². The molecular weight excluding hydrogens is 178 g/mol. The van der Waals surface area contributed by atoms with Crippen LogP contribution in [0, 0.1) is 0 Å². The van der Waals surface area contributed by atoms with Gasteiger partial charge in [-0.25, -0.2) is 9.59 Å². The van der Waals surface area contributed by atoms with Crippen molar-refractivity contribution in [1.82, 2.24) is 4.98 Å². The first-order valence-electron chi connectivity index (χ1n) is 3.14. The second-order valence-corrected chi connectivity index (χ2v) is 1.84. The van der Waals surface area contributed by atoms with Crippen molar-refractivity contribution in [3.05, 3.63) is 34.7 Å². The first-order valence-corrected chi connectivity index (χ1v) is 3.14. The van der Waals surface area contributed by atoms with Gasteiger partial charge in [0.2, 0.25) is 5.56 Å². The lowest BCUT2D eigenvalue weighted by molar-refractivity contribution is -0.159. The van der Waals surface area contributed by atoms with Gasteiger partial charge in [0.25, 0.3) is 0 Å². The molecular formula is C7H7NO5. The van der Waals surface area contributed by atoms with Gasteiger partial charge in [0.1, 0.15) is 0 Å². The Balaban J connectivity index is 0.000000226. The first kappa shape index (κ1) is 10.9. The van der Waals surface area contributed by atoms with Crippen molar-refractivity contribution < 1.29 is 19.8 Å². The zero-order chi connectivity index (χ0) is 10.3. The predicted molar refractivity (Wildman–Crippen MR) is 42.3 cm³/mol. The minimum absolute atomic E-state index is 0.0532. The number of H-pyrrole nitrogens is 1. The number of hydrogen-bond acceptors (Lipinski definition) is 3. The summed E-state index contributed by atoms with van der Waals surface area (Å²) in [6.07, 6.45) is 1.60. The molecule has 6 heteroatoms. The van der Waals surface area contributed by atoms with Crippen LogP contribution in [0.4, 0.5) is 0 Å². The number of carbonyl (C=O) groups is 2. The molecule has 0 radical (unpaired) electrons. The van der Waals surface area contributed by atoms with E-state index >= 15 is 0 Å². The van der Waals surface area contributed by atoms with Crippen LogP contribution in [0.1, 0.15) is 0 Å². The molecule has 0 unspecified atom stereocenters. The van der Waals surface area contributed by atoms with E-state index in [9.17, 15) is 4.79 Å². The third kappa shape index (κ3) is 6.29. The third-order valence-electron chi connectivity index (χ3n) is 0.863. The molecule has 1 rings (SSSR count). The van der Waals surface area contributed by atoms with Gasteiger partial charge in [0, 0.05) is 12.3 Å². The zero-order valence-corrected chi connectivity index (χ0v) is 6.43. The molecule has 0 saturated carbocycles. The molecule has 0 spiro atoms. The van der Waals surface area contributed by atoms with Gasteiger partial charge in [0.15, 0.2) is 0 Å². The van der Waals surface area contributed by atoms with Crippen molar-refractivity contribution in [1.29, 1.82) is 0 Å². The molecule has 0 aromatic carbocycles. The van der Waals surface area contributed by atoms with Crippen LogP contribution in [0.3, 0.4) is 0 Å². The molecule has 70 valence electrons. The Morgan fingerprint density at radius 3 is 1.85 bits per heavy atom. The van der Waals surface area contributed by atoms with Crippen LogP contribution in [0.25, 0.3) is 0 Å². The number of hydrogen-bond donors (Lipinski definition) is 3. The molecule has 0 aliphatic carbocycles. The maximum absolute atomic E-state index is 10.2. The molecule has 1 heterocycles. The van der Waals surface area contributed by atoms with Gasteiger partial charge >= 0.3 is 11.9 Å². The summed E-state index contributed by atoms with van der Waals surface area (Å²) in [5.41, 5.74) is -0.0532. The van der Waals surface area contributed by atoms with E-state index in [1.807, 2.05) is 0 Å². The number of carboxylic acids is 2. The fourth-order valence-corrected chi connectivity index (χ4v) is 0.377. The molecule has 0 bridgehead atoms. The van der Waals surface area contributed by atoms with Gasteiger partial charge < -0.3 is 15.2 Å². The molecule has 0 aliphatic rings. The first-order chi connectivity index (χ1) is 6.04. The van der Waals surface area contributed by atoms with E-state index in [1.54, 1.807) is 18.3 Å². The van der Waals surface area contributed by atoms with Crippen LogP contribution in [-0.4, -0.2) is 27.1 Å². The van der Waals surface area contributed by atoms with Gasteiger partial charge in [-0.05, 0) is 6.07 Å². The predicted octanol–water partition coefficient (Wildman–Crippen LogP) is -0.469. The van der Waals surface area contributed by atoms with Crippen molar-refractivity contribution in [2.24, 2.45) is 0 Å². The fraction of sp³-hybridized carbons (Fsp3) is 0. The van der Waals surface area contributed by atoms with E-state index in [0.29, 0.717) is 0 Å². The third-order valence-corrected chi connectivity index (χ3v) is 0.863. The van der Waals surface area contributed by atoms with Crippen LogP contribution in [0.15, 0.2) is 29.2 Å². The van der Waals surface area contributed by atoms with E-state index in [-0.39, 0.29) is 5.56 Å². The number of nitrogens with one attached hydrogen (secondary N) is 1. The number of pyridine rings is 1. The lowest BCUT2D eigenvalue weighted by atomic mass is 10.5. The Bertz CT molecular complexity index is 313. The Hall–Kier alpha value is -2.11. The zero-order valence-electron chi connectivity index (χ0n) is 6.43. The Kier molecular flexibility index (Phi) is 4.63. The Morgan fingerprint density at radius 2 is 1.69 bits per heavy atom. The molecule has 0 amide bonds. The van der Waals surface area contributed by atoms with E-state index in [1.165, 1.54) is 6.07 Å². The van der Waals surface area contributed by atoms with Crippen LogP contribution in [-0.2, 0) is 9.59 Å². The molecule has 1 aromatic heterocycles. The van der Waals surface area contributed by atoms with E-state index < -0.39 is 11.9 Å². The van der Waals surface area contributed by atoms with Crippen molar-refractivity contribution in [3.8, 4) is 0 Å². The minimum Gasteiger partial charge on any atom is -0.473 e. The standard InChI is InChI=1S/C5H5NO.C2H2O4/c7-5-3-1-2-4-6-5;3-1(4)2(5)6/h1-4H,(H,6,7);(H,3,4)(H,5,6). The van der Waals surface area contributed by atoms with Gasteiger partial charge in [-0.1, -0.05) is 6.07 Å². The highest BCUT2D eigenvalue weighted by molar-refractivity contribution is 6.27. The largest absolute Gasteiger partial charge is 0.473 e. The van der Waals surface area contributed by atoms with Crippen LogP contribution in [0.5, 0.6) is 0 Å².